The lowest BCUT2D eigenvalue weighted by atomic mass is 10.1. The van der Waals surface area contributed by atoms with Crippen LogP contribution < -0.4 is 10.6 Å². The maximum absolute atomic E-state index is 13.0. The van der Waals surface area contributed by atoms with Gasteiger partial charge in [-0.15, -0.1) is 0 Å². The standard InChI is InChI=1S/C15H24FN3O/c1-12-11-14(16)6-5-13(12)7-9-19-15(17-2)18-8-4-10-20-3/h5-6,11H,4,7-10H2,1-3H3,(H2,17,18,19). The number of aliphatic imine (C=N–C) groups is 1. The SMILES string of the molecule is CN=C(NCCCOC)NCCc1ccc(F)cc1C. The van der Waals surface area contributed by atoms with Gasteiger partial charge in [-0.2, -0.15) is 0 Å². The quantitative estimate of drug-likeness (QED) is 0.456. The summed E-state index contributed by atoms with van der Waals surface area (Å²) >= 11 is 0. The Hall–Kier alpha value is -1.62. The van der Waals surface area contributed by atoms with E-state index in [1.807, 2.05) is 13.0 Å². The van der Waals surface area contributed by atoms with Gasteiger partial charge in [-0.05, 0) is 43.0 Å². The first kappa shape index (κ1) is 16.4. The molecule has 0 aliphatic rings. The number of nitrogens with one attached hydrogen (secondary N) is 2. The Morgan fingerprint density at radius 1 is 1.30 bits per heavy atom. The van der Waals surface area contributed by atoms with E-state index >= 15 is 0 Å². The van der Waals surface area contributed by atoms with Crippen molar-refractivity contribution in [2.75, 3.05) is 33.9 Å². The van der Waals surface area contributed by atoms with Crippen molar-refractivity contribution < 1.29 is 9.13 Å². The van der Waals surface area contributed by atoms with Gasteiger partial charge in [0, 0.05) is 33.9 Å². The van der Waals surface area contributed by atoms with Crippen LogP contribution in [0.2, 0.25) is 0 Å². The lowest BCUT2D eigenvalue weighted by Crippen LogP contribution is -2.39. The molecule has 0 radical (unpaired) electrons. The second-order valence-corrected chi connectivity index (χ2v) is 4.59. The summed E-state index contributed by atoms with van der Waals surface area (Å²) in [5, 5.41) is 6.45. The number of methoxy groups -OCH3 is 1. The van der Waals surface area contributed by atoms with Crippen molar-refractivity contribution in [2.45, 2.75) is 19.8 Å². The van der Waals surface area contributed by atoms with Crippen molar-refractivity contribution in [2.24, 2.45) is 4.99 Å². The monoisotopic (exact) mass is 281 g/mol. The molecule has 0 amide bonds. The van der Waals surface area contributed by atoms with Crippen LogP contribution in [-0.4, -0.2) is 39.8 Å². The van der Waals surface area contributed by atoms with Crippen LogP contribution in [0.15, 0.2) is 23.2 Å². The molecule has 0 fully saturated rings. The van der Waals surface area contributed by atoms with Crippen molar-refractivity contribution in [1.29, 1.82) is 0 Å². The first-order valence-electron chi connectivity index (χ1n) is 6.86. The highest BCUT2D eigenvalue weighted by Gasteiger charge is 2.01. The van der Waals surface area contributed by atoms with Gasteiger partial charge in [-0.3, -0.25) is 4.99 Å². The fourth-order valence-electron chi connectivity index (χ4n) is 1.90. The van der Waals surface area contributed by atoms with Crippen molar-refractivity contribution in [1.82, 2.24) is 10.6 Å². The number of halogens is 1. The van der Waals surface area contributed by atoms with Gasteiger partial charge in [0.05, 0.1) is 0 Å². The normalized spacial score (nSPS) is 11.5. The lowest BCUT2D eigenvalue weighted by molar-refractivity contribution is 0.195. The summed E-state index contributed by atoms with van der Waals surface area (Å²) in [6.45, 7) is 4.24. The molecule has 2 N–H and O–H groups in total. The number of ether oxygens (including phenoxy) is 1. The summed E-state index contributed by atoms with van der Waals surface area (Å²) in [5.74, 6) is 0.593. The molecule has 0 spiro atoms. The number of rotatable bonds is 7. The van der Waals surface area contributed by atoms with Gasteiger partial charge in [-0.25, -0.2) is 4.39 Å². The Morgan fingerprint density at radius 2 is 2.05 bits per heavy atom. The number of benzene rings is 1. The lowest BCUT2D eigenvalue weighted by Gasteiger charge is -2.12. The van der Waals surface area contributed by atoms with Crippen molar-refractivity contribution >= 4 is 5.96 Å². The number of hydrogen-bond donors (Lipinski definition) is 2. The van der Waals surface area contributed by atoms with Crippen LogP contribution in [0.4, 0.5) is 4.39 Å². The second-order valence-electron chi connectivity index (χ2n) is 4.59. The molecular formula is C15H24FN3O. The van der Waals surface area contributed by atoms with Crippen molar-refractivity contribution in [3.63, 3.8) is 0 Å². The molecule has 0 unspecified atom stereocenters. The average Bonchev–Trinajstić information content (AvgIpc) is 2.43. The summed E-state index contributed by atoms with van der Waals surface area (Å²) in [5.41, 5.74) is 2.13. The fraction of sp³-hybridized carbons (Fsp3) is 0.533. The van der Waals surface area contributed by atoms with E-state index in [0.717, 1.165) is 49.6 Å². The molecule has 0 bridgehead atoms. The number of aryl methyl sites for hydroxylation is 1. The van der Waals surface area contributed by atoms with E-state index in [4.69, 9.17) is 4.74 Å². The summed E-state index contributed by atoms with van der Waals surface area (Å²) in [4.78, 5) is 4.15. The zero-order valence-corrected chi connectivity index (χ0v) is 12.5. The molecule has 0 saturated carbocycles. The minimum Gasteiger partial charge on any atom is -0.385 e. The molecule has 0 aliphatic carbocycles. The molecule has 0 heterocycles. The zero-order valence-electron chi connectivity index (χ0n) is 12.5. The van der Waals surface area contributed by atoms with Gasteiger partial charge in [0.15, 0.2) is 5.96 Å². The summed E-state index contributed by atoms with van der Waals surface area (Å²) in [6, 6.07) is 4.90. The van der Waals surface area contributed by atoms with Crippen LogP contribution in [0.3, 0.4) is 0 Å². The molecule has 5 heteroatoms. The Labute approximate surface area is 120 Å². The third kappa shape index (κ3) is 6.02. The van der Waals surface area contributed by atoms with Crippen LogP contribution in [-0.2, 0) is 11.2 Å². The molecule has 1 aromatic rings. The zero-order chi connectivity index (χ0) is 14.8. The molecule has 1 rings (SSSR count). The van der Waals surface area contributed by atoms with E-state index in [0.29, 0.717) is 0 Å². The van der Waals surface area contributed by atoms with Crippen LogP contribution in [0, 0.1) is 12.7 Å². The minimum absolute atomic E-state index is 0.185. The number of hydrogen-bond acceptors (Lipinski definition) is 2. The van der Waals surface area contributed by atoms with Gasteiger partial charge in [-0.1, -0.05) is 6.07 Å². The number of nitrogens with zero attached hydrogens (tertiary/aromatic N) is 1. The fourth-order valence-corrected chi connectivity index (χ4v) is 1.90. The third-order valence-electron chi connectivity index (χ3n) is 3.03. The highest BCUT2D eigenvalue weighted by molar-refractivity contribution is 5.79. The first-order chi connectivity index (χ1) is 9.67. The maximum Gasteiger partial charge on any atom is 0.190 e. The topological polar surface area (TPSA) is 45.7 Å². The molecule has 0 atom stereocenters. The molecule has 0 saturated heterocycles. The minimum atomic E-state index is -0.185. The van der Waals surface area contributed by atoms with Crippen LogP contribution >= 0.6 is 0 Å². The molecule has 0 aliphatic heterocycles. The van der Waals surface area contributed by atoms with Crippen molar-refractivity contribution in [3.05, 3.63) is 35.1 Å². The van der Waals surface area contributed by atoms with Crippen molar-refractivity contribution in [3.8, 4) is 0 Å². The predicted molar refractivity (Wildman–Crippen MR) is 80.7 cm³/mol. The molecular weight excluding hydrogens is 257 g/mol. The highest BCUT2D eigenvalue weighted by atomic mass is 19.1. The molecule has 1 aromatic carbocycles. The smallest absolute Gasteiger partial charge is 0.190 e. The predicted octanol–water partition coefficient (Wildman–Crippen LogP) is 1.88. The van der Waals surface area contributed by atoms with Gasteiger partial charge < -0.3 is 15.4 Å². The summed E-state index contributed by atoms with van der Waals surface area (Å²) < 4.78 is 18.0. The van der Waals surface area contributed by atoms with Crippen LogP contribution in [0.25, 0.3) is 0 Å². The van der Waals surface area contributed by atoms with Gasteiger partial charge >= 0.3 is 0 Å². The number of guanidine groups is 1. The highest BCUT2D eigenvalue weighted by Crippen LogP contribution is 2.10. The Morgan fingerprint density at radius 3 is 2.70 bits per heavy atom. The molecule has 112 valence electrons. The summed E-state index contributed by atoms with van der Waals surface area (Å²) in [6.07, 6.45) is 1.78. The molecule has 20 heavy (non-hydrogen) atoms. The van der Waals surface area contributed by atoms with Crippen LogP contribution in [0.1, 0.15) is 17.5 Å². The van der Waals surface area contributed by atoms with E-state index in [2.05, 4.69) is 15.6 Å². The van der Waals surface area contributed by atoms with E-state index in [9.17, 15) is 4.39 Å². The second kappa shape index (κ2) is 9.31. The van der Waals surface area contributed by atoms with Crippen LogP contribution in [0.5, 0.6) is 0 Å². The Balaban J connectivity index is 2.31. The van der Waals surface area contributed by atoms with E-state index < -0.39 is 0 Å². The third-order valence-corrected chi connectivity index (χ3v) is 3.03. The maximum atomic E-state index is 13.0. The Kier molecular flexibility index (Phi) is 7.65. The van der Waals surface area contributed by atoms with Gasteiger partial charge in [0.1, 0.15) is 5.82 Å². The molecule has 4 nitrogen and oxygen atoms in total. The average molecular weight is 281 g/mol. The van der Waals surface area contributed by atoms with E-state index in [1.54, 1.807) is 20.2 Å². The first-order valence-corrected chi connectivity index (χ1v) is 6.86. The van der Waals surface area contributed by atoms with E-state index in [1.165, 1.54) is 6.07 Å². The largest absolute Gasteiger partial charge is 0.385 e. The molecule has 0 aromatic heterocycles. The van der Waals surface area contributed by atoms with Gasteiger partial charge in [0.2, 0.25) is 0 Å². The van der Waals surface area contributed by atoms with Gasteiger partial charge in [0.25, 0.3) is 0 Å². The Bertz CT molecular complexity index is 435. The summed E-state index contributed by atoms with van der Waals surface area (Å²) in [7, 11) is 3.44. The van der Waals surface area contributed by atoms with E-state index in [-0.39, 0.29) is 5.82 Å².